The molecule has 1 heterocycles. The Labute approximate surface area is 135 Å². The van der Waals surface area contributed by atoms with Gasteiger partial charge in [0.25, 0.3) is 0 Å². The second-order valence-electron chi connectivity index (χ2n) is 5.22. The first kappa shape index (κ1) is 16.7. The average Bonchev–Trinajstić information content (AvgIpc) is 2.83. The summed E-state index contributed by atoms with van der Waals surface area (Å²) in [4.78, 5) is 12.2. The van der Waals surface area contributed by atoms with E-state index in [-0.39, 0.29) is 12.1 Å². The molecule has 1 atom stereocenters. The van der Waals surface area contributed by atoms with Gasteiger partial charge in [0.1, 0.15) is 17.3 Å². The highest BCUT2D eigenvalue weighted by Gasteiger charge is 2.15. The first-order valence-corrected chi connectivity index (χ1v) is 7.24. The zero-order valence-corrected chi connectivity index (χ0v) is 14.0. The molecule has 0 spiro atoms. The molecule has 0 saturated carbocycles. The molecule has 0 aliphatic heterocycles. The molecule has 0 saturated heterocycles. The van der Waals surface area contributed by atoms with Crippen LogP contribution < -0.4 is 20.1 Å². The van der Waals surface area contributed by atoms with Crippen LogP contribution in [-0.4, -0.2) is 30.0 Å². The van der Waals surface area contributed by atoms with Crippen molar-refractivity contribution in [3.05, 3.63) is 35.5 Å². The summed E-state index contributed by atoms with van der Waals surface area (Å²) in [6, 6.07) is 6.76. The van der Waals surface area contributed by atoms with Crippen LogP contribution in [0.25, 0.3) is 0 Å². The predicted molar refractivity (Wildman–Crippen MR) is 88.1 cm³/mol. The number of aromatic nitrogens is 2. The van der Waals surface area contributed by atoms with Gasteiger partial charge < -0.3 is 14.8 Å². The minimum Gasteiger partial charge on any atom is -0.497 e. The van der Waals surface area contributed by atoms with E-state index < -0.39 is 0 Å². The summed E-state index contributed by atoms with van der Waals surface area (Å²) in [5, 5.41) is 9.85. The van der Waals surface area contributed by atoms with Crippen molar-refractivity contribution < 1.29 is 14.3 Å². The number of nitrogens with one attached hydrogen (secondary N) is 2. The van der Waals surface area contributed by atoms with Crippen molar-refractivity contribution in [1.29, 1.82) is 0 Å². The molecule has 0 fully saturated rings. The standard InChI is InChI=1S/C16H22N4O3/c1-10-8-15(20(3)19-10)18-16(21)17-11(2)13-7-6-12(22-4)9-14(13)23-5/h6-9,11H,1-5H3,(H2,17,18,21)/t11-/m0/s1. The van der Waals surface area contributed by atoms with Gasteiger partial charge in [-0.2, -0.15) is 5.10 Å². The molecule has 1 aromatic heterocycles. The third-order valence-corrected chi connectivity index (χ3v) is 3.50. The van der Waals surface area contributed by atoms with E-state index >= 15 is 0 Å². The maximum absolute atomic E-state index is 12.2. The number of amides is 2. The number of benzene rings is 1. The van der Waals surface area contributed by atoms with Gasteiger partial charge in [-0.15, -0.1) is 0 Å². The quantitative estimate of drug-likeness (QED) is 0.888. The monoisotopic (exact) mass is 318 g/mol. The predicted octanol–water partition coefficient (Wildman–Crippen LogP) is 2.63. The summed E-state index contributed by atoms with van der Waals surface area (Å²) in [5.74, 6) is 2.00. The lowest BCUT2D eigenvalue weighted by atomic mass is 10.1. The molecule has 2 N–H and O–H groups in total. The number of rotatable bonds is 5. The van der Waals surface area contributed by atoms with Gasteiger partial charge in [0.15, 0.2) is 0 Å². The first-order chi connectivity index (χ1) is 10.9. The minimum absolute atomic E-state index is 0.231. The van der Waals surface area contributed by atoms with Gasteiger partial charge in [0.05, 0.1) is 26.0 Å². The maximum atomic E-state index is 12.2. The Morgan fingerprint density at radius 1 is 1.26 bits per heavy atom. The van der Waals surface area contributed by atoms with E-state index in [4.69, 9.17) is 9.47 Å². The number of urea groups is 1. The molecule has 23 heavy (non-hydrogen) atoms. The highest BCUT2D eigenvalue weighted by atomic mass is 16.5. The summed E-state index contributed by atoms with van der Waals surface area (Å²) < 4.78 is 12.2. The third kappa shape index (κ3) is 3.94. The fourth-order valence-electron chi connectivity index (χ4n) is 2.33. The summed E-state index contributed by atoms with van der Waals surface area (Å²) in [5.41, 5.74) is 1.71. The molecule has 0 bridgehead atoms. The van der Waals surface area contributed by atoms with E-state index in [9.17, 15) is 4.79 Å². The van der Waals surface area contributed by atoms with Gasteiger partial charge in [0.2, 0.25) is 0 Å². The number of carbonyl (C=O) groups is 1. The van der Waals surface area contributed by atoms with Gasteiger partial charge in [-0.1, -0.05) is 0 Å². The molecule has 0 unspecified atom stereocenters. The molecule has 7 heteroatoms. The fraction of sp³-hybridized carbons (Fsp3) is 0.375. The minimum atomic E-state index is -0.307. The Kier molecular flexibility index (Phi) is 5.10. The molecular weight excluding hydrogens is 296 g/mol. The van der Waals surface area contributed by atoms with Crippen molar-refractivity contribution >= 4 is 11.8 Å². The Bertz CT molecular complexity index is 697. The van der Waals surface area contributed by atoms with Gasteiger partial charge in [-0.05, 0) is 26.0 Å². The SMILES string of the molecule is COc1ccc([C@H](C)NC(=O)Nc2cc(C)nn2C)c(OC)c1. The maximum Gasteiger partial charge on any atom is 0.320 e. The van der Waals surface area contributed by atoms with Crippen molar-refractivity contribution in [2.24, 2.45) is 7.05 Å². The molecule has 124 valence electrons. The number of hydrogen-bond donors (Lipinski definition) is 2. The summed E-state index contributed by atoms with van der Waals surface area (Å²) in [7, 11) is 4.96. The van der Waals surface area contributed by atoms with Crippen LogP contribution in [0.2, 0.25) is 0 Å². The number of methoxy groups -OCH3 is 2. The molecular formula is C16H22N4O3. The van der Waals surface area contributed by atoms with E-state index in [1.807, 2.05) is 26.0 Å². The Hall–Kier alpha value is -2.70. The number of carbonyl (C=O) groups excluding carboxylic acids is 1. The molecule has 7 nitrogen and oxygen atoms in total. The van der Waals surface area contributed by atoms with Crippen molar-refractivity contribution in [1.82, 2.24) is 15.1 Å². The summed E-state index contributed by atoms with van der Waals surface area (Å²) in [6.45, 7) is 3.76. The van der Waals surface area contributed by atoms with Crippen LogP contribution in [0.1, 0.15) is 24.2 Å². The second-order valence-corrected chi connectivity index (χ2v) is 5.22. The number of hydrogen-bond acceptors (Lipinski definition) is 4. The van der Waals surface area contributed by atoms with Crippen LogP contribution in [0, 0.1) is 6.92 Å². The smallest absolute Gasteiger partial charge is 0.320 e. The van der Waals surface area contributed by atoms with Crippen molar-refractivity contribution in [3.63, 3.8) is 0 Å². The molecule has 2 rings (SSSR count). The molecule has 1 aromatic carbocycles. The Morgan fingerprint density at radius 2 is 2.00 bits per heavy atom. The third-order valence-electron chi connectivity index (χ3n) is 3.50. The van der Waals surface area contributed by atoms with E-state index in [1.54, 1.807) is 38.1 Å². The molecule has 0 aliphatic rings. The van der Waals surface area contributed by atoms with Crippen LogP contribution >= 0.6 is 0 Å². The van der Waals surface area contributed by atoms with Crippen LogP contribution in [0.3, 0.4) is 0 Å². The highest BCUT2D eigenvalue weighted by Crippen LogP contribution is 2.29. The Morgan fingerprint density at radius 3 is 2.57 bits per heavy atom. The van der Waals surface area contributed by atoms with Crippen molar-refractivity contribution in [2.75, 3.05) is 19.5 Å². The Balaban J connectivity index is 2.07. The second kappa shape index (κ2) is 7.04. The number of nitrogens with zero attached hydrogens (tertiary/aromatic N) is 2. The summed E-state index contributed by atoms with van der Waals surface area (Å²) in [6.07, 6.45) is 0. The van der Waals surface area contributed by atoms with Crippen LogP contribution in [0.5, 0.6) is 11.5 Å². The fourth-order valence-corrected chi connectivity index (χ4v) is 2.33. The number of aryl methyl sites for hydroxylation is 2. The summed E-state index contributed by atoms with van der Waals surface area (Å²) >= 11 is 0. The largest absolute Gasteiger partial charge is 0.497 e. The lowest BCUT2D eigenvalue weighted by molar-refractivity contribution is 0.249. The lowest BCUT2D eigenvalue weighted by Crippen LogP contribution is -2.32. The van der Waals surface area contributed by atoms with Crippen LogP contribution in [0.15, 0.2) is 24.3 Å². The number of anilines is 1. The normalized spacial score (nSPS) is 11.7. The van der Waals surface area contributed by atoms with E-state index in [1.165, 1.54) is 0 Å². The molecule has 0 radical (unpaired) electrons. The van der Waals surface area contributed by atoms with Crippen LogP contribution in [0.4, 0.5) is 10.6 Å². The molecule has 2 amide bonds. The zero-order chi connectivity index (χ0) is 17.0. The number of ether oxygens (including phenoxy) is 2. The van der Waals surface area contributed by atoms with Crippen LogP contribution in [-0.2, 0) is 7.05 Å². The van der Waals surface area contributed by atoms with E-state index in [2.05, 4.69) is 15.7 Å². The first-order valence-electron chi connectivity index (χ1n) is 7.24. The van der Waals surface area contributed by atoms with Crippen molar-refractivity contribution in [2.45, 2.75) is 19.9 Å². The molecule has 2 aromatic rings. The van der Waals surface area contributed by atoms with Crippen molar-refractivity contribution in [3.8, 4) is 11.5 Å². The van der Waals surface area contributed by atoms with Gasteiger partial charge in [0, 0.05) is 24.7 Å². The van der Waals surface area contributed by atoms with Gasteiger partial charge in [-0.3, -0.25) is 10.00 Å². The molecule has 0 aliphatic carbocycles. The van der Waals surface area contributed by atoms with Gasteiger partial charge in [-0.25, -0.2) is 4.79 Å². The topological polar surface area (TPSA) is 77.4 Å². The highest BCUT2D eigenvalue weighted by molar-refractivity contribution is 5.88. The lowest BCUT2D eigenvalue weighted by Gasteiger charge is -2.18. The van der Waals surface area contributed by atoms with E-state index in [0.29, 0.717) is 17.3 Å². The average molecular weight is 318 g/mol. The van der Waals surface area contributed by atoms with Gasteiger partial charge >= 0.3 is 6.03 Å². The zero-order valence-electron chi connectivity index (χ0n) is 14.0. The van der Waals surface area contributed by atoms with E-state index in [0.717, 1.165) is 11.3 Å².